The molecule has 0 saturated carbocycles. The summed E-state index contributed by atoms with van der Waals surface area (Å²) in [6, 6.07) is 0. The zero-order chi connectivity index (χ0) is 8.10. The van der Waals surface area contributed by atoms with Crippen molar-refractivity contribution in [2.24, 2.45) is 5.92 Å². The molecule has 0 aromatic carbocycles. The summed E-state index contributed by atoms with van der Waals surface area (Å²) in [5.41, 5.74) is 0. The maximum absolute atomic E-state index is 9.90. The zero-order valence-electron chi connectivity index (χ0n) is 6.29. The van der Waals surface area contributed by atoms with Crippen LogP contribution in [0, 0.1) is 5.92 Å². The summed E-state index contributed by atoms with van der Waals surface area (Å²) in [5.74, 6) is 0.740. The molecule has 2 nitrogen and oxygen atoms in total. The lowest BCUT2D eigenvalue weighted by Crippen LogP contribution is -1.99. The number of allylic oxidation sites excluding steroid dienone is 3. The van der Waals surface area contributed by atoms with Crippen molar-refractivity contribution >= 4 is 6.29 Å². The zero-order valence-corrected chi connectivity index (χ0v) is 6.29. The molecule has 0 amide bonds. The SMILES string of the molecule is O=[C]CCC1C=CC(O)=CC1. The molecule has 1 rings (SSSR count). The standard InChI is InChI=1S/C9H11O2/c10-7-1-2-8-3-5-9(11)6-4-8/h3,5-6,8,11H,1-2,4H2. The molecule has 11 heavy (non-hydrogen) atoms. The van der Waals surface area contributed by atoms with E-state index in [9.17, 15) is 4.79 Å². The minimum Gasteiger partial charge on any atom is -0.508 e. The van der Waals surface area contributed by atoms with Gasteiger partial charge in [-0.15, -0.1) is 0 Å². The average molecular weight is 151 g/mol. The Hall–Kier alpha value is -1.05. The molecule has 1 atom stereocenters. The Bertz CT molecular complexity index is 192. The number of hydrogen-bond donors (Lipinski definition) is 1. The van der Waals surface area contributed by atoms with Gasteiger partial charge in [-0.2, -0.15) is 0 Å². The maximum Gasteiger partial charge on any atom is 0.198 e. The van der Waals surface area contributed by atoms with Crippen LogP contribution in [0.4, 0.5) is 0 Å². The van der Waals surface area contributed by atoms with E-state index in [4.69, 9.17) is 5.11 Å². The van der Waals surface area contributed by atoms with Gasteiger partial charge in [0.15, 0.2) is 6.29 Å². The first-order chi connectivity index (χ1) is 5.33. The normalized spacial score (nSPS) is 22.9. The summed E-state index contributed by atoms with van der Waals surface area (Å²) in [6.45, 7) is 0. The lowest BCUT2D eigenvalue weighted by atomic mass is 9.95. The molecule has 0 bridgehead atoms. The van der Waals surface area contributed by atoms with Crippen molar-refractivity contribution in [3.63, 3.8) is 0 Å². The van der Waals surface area contributed by atoms with E-state index in [1.807, 2.05) is 12.4 Å². The summed E-state index contributed by atoms with van der Waals surface area (Å²) >= 11 is 0. The van der Waals surface area contributed by atoms with Gasteiger partial charge in [-0.3, -0.25) is 4.79 Å². The number of carbonyl (C=O) groups excluding carboxylic acids is 1. The molecule has 2 heteroatoms. The van der Waals surface area contributed by atoms with Gasteiger partial charge in [0.1, 0.15) is 5.76 Å². The first-order valence-corrected chi connectivity index (χ1v) is 3.75. The van der Waals surface area contributed by atoms with E-state index < -0.39 is 0 Å². The van der Waals surface area contributed by atoms with Crippen LogP contribution >= 0.6 is 0 Å². The van der Waals surface area contributed by atoms with Crippen molar-refractivity contribution in [2.75, 3.05) is 0 Å². The highest BCUT2D eigenvalue weighted by atomic mass is 16.3. The topological polar surface area (TPSA) is 37.3 Å². The molecule has 0 aliphatic heterocycles. The molecular formula is C9H11O2. The van der Waals surface area contributed by atoms with Crippen molar-refractivity contribution in [2.45, 2.75) is 19.3 Å². The van der Waals surface area contributed by atoms with Crippen LogP contribution < -0.4 is 0 Å². The van der Waals surface area contributed by atoms with Gasteiger partial charge in [0, 0.05) is 6.42 Å². The van der Waals surface area contributed by atoms with E-state index in [-0.39, 0.29) is 0 Å². The molecule has 1 aliphatic rings. The Morgan fingerprint density at radius 3 is 3.09 bits per heavy atom. The molecule has 1 radical (unpaired) electrons. The predicted octanol–water partition coefficient (Wildman–Crippen LogP) is 1.89. The van der Waals surface area contributed by atoms with Crippen LogP contribution in [0.5, 0.6) is 0 Å². The lowest BCUT2D eigenvalue weighted by molar-refractivity contribution is 0.419. The quantitative estimate of drug-likeness (QED) is 0.668. The highest BCUT2D eigenvalue weighted by Gasteiger charge is 2.06. The van der Waals surface area contributed by atoms with Crippen LogP contribution in [-0.4, -0.2) is 11.4 Å². The lowest BCUT2D eigenvalue weighted by Gasteiger charge is -2.11. The van der Waals surface area contributed by atoms with E-state index in [2.05, 4.69) is 0 Å². The first-order valence-electron chi connectivity index (χ1n) is 3.75. The second-order valence-electron chi connectivity index (χ2n) is 2.67. The smallest absolute Gasteiger partial charge is 0.198 e. The van der Waals surface area contributed by atoms with E-state index in [0.29, 0.717) is 18.1 Å². The minimum atomic E-state index is 0.330. The molecule has 1 aliphatic carbocycles. The fourth-order valence-electron chi connectivity index (χ4n) is 1.11. The Balaban J connectivity index is 2.31. The van der Waals surface area contributed by atoms with Gasteiger partial charge in [0.2, 0.25) is 0 Å². The average Bonchev–Trinajstić information content (AvgIpc) is 2.04. The van der Waals surface area contributed by atoms with E-state index >= 15 is 0 Å². The van der Waals surface area contributed by atoms with Crippen molar-refractivity contribution in [3.8, 4) is 0 Å². The van der Waals surface area contributed by atoms with Gasteiger partial charge in [-0.1, -0.05) is 6.08 Å². The predicted molar refractivity (Wildman–Crippen MR) is 42.9 cm³/mol. The Kier molecular flexibility index (Phi) is 2.90. The molecule has 59 valence electrons. The molecule has 0 heterocycles. The molecular weight excluding hydrogens is 140 g/mol. The van der Waals surface area contributed by atoms with Gasteiger partial charge < -0.3 is 5.11 Å². The van der Waals surface area contributed by atoms with Crippen molar-refractivity contribution in [1.82, 2.24) is 0 Å². The Morgan fingerprint density at radius 2 is 2.55 bits per heavy atom. The Morgan fingerprint density at radius 1 is 1.73 bits per heavy atom. The summed E-state index contributed by atoms with van der Waals surface area (Å²) in [7, 11) is 0. The number of hydrogen-bond acceptors (Lipinski definition) is 2. The third-order valence-electron chi connectivity index (χ3n) is 1.79. The molecule has 1 unspecified atom stereocenters. The highest BCUT2D eigenvalue weighted by Crippen LogP contribution is 2.18. The van der Waals surface area contributed by atoms with Crippen molar-refractivity contribution < 1.29 is 9.90 Å². The molecule has 1 N–H and O–H groups in total. The maximum atomic E-state index is 9.90. The molecule has 0 fully saturated rings. The fourth-order valence-corrected chi connectivity index (χ4v) is 1.11. The third kappa shape index (κ3) is 2.58. The molecule has 0 aromatic heterocycles. The first kappa shape index (κ1) is 8.05. The van der Waals surface area contributed by atoms with Gasteiger partial charge in [0.25, 0.3) is 0 Å². The number of rotatable bonds is 3. The van der Waals surface area contributed by atoms with Crippen LogP contribution in [0.2, 0.25) is 0 Å². The summed E-state index contributed by atoms with van der Waals surface area (Å²) < 4.78 is 0. The summed E-state index contributed by atoms with van der Waals surface area (Å²) in [6.07, 6.45) is 9.41. The van der Waals surface area contributed by atoms with Crippen LogP contribution in [0.25, 0.3) is 0 Å². The number of aliphatic hydroxyl groups excluding tert-OH is 1. The molecule has 0 spiro atoms. The highest BCUT2D eigenvalue weighted by molar-refractivity contribution is 5.50. The summed E-state index contributed by atoms with van der Waals surface area (Å²) in [4.78, 5) is 9.90. The monoisotopic (exact) mass is 151 g/mol. The van der Waals surface area contributed by atoms with Crippen molar-refractivity contribution in [1.29, 1.82) is 0 Å². The van der Waals surface area contributed by atoms with E-state index in [1.165, 1.54) is 0 Å². The van der Waals surface area contributed by atoms with Crippen LogP contribution in [-0.2, 0) is 4.79 Å². The van der Waals surface area contributed by atoms with Crippen LogP contribution in [0.15, 0.2) is 24.0 Å². The molecule has 0 aromatic rings. The largest absolute Gasteiger partial charge is 0.508 e. The van der Waals surface area contributed by atoms with Crippen molar-refractivity contribution in [3.05, 3.63) is 24.0 Å². The molecule has 0 saturated heterocycles. The second kappa shape index (κ2) is 3.96. The fraction of sp³-hybridized carbons (Fsp3) is 0.444. The van der Waals surface area contributed by atoms with Gasteiger partial charge >= 0.3 is 0 Å². The summed E-state index contributed by atoms with van der Waals surface area (Å²) in [5, 5.41) is 8.95. The van der Waals surface area contributed by atoms with Gasteiger partial charge in [-0.25, -0.2) is 0 Å². The Labute approximate surface area is 66.2 Å². The van der Waals surface area contributed by atoms with Gasteiger partial charge in [-0.05, 0) is 30.9 Å². The van der Waals surface area contributed by atoms with E-state index in [0.717, 1.165) is 12.8 Å². The van der Waals surface area contributed by atoms with E-state index in [1.54, 1.807) is 12.2 Å². The second-order valence-corrected chi connectivity index (χ2v) is 2.67. The number of aliphatic hydroxyl groups is 1. The third-order valence-corrected chi connectivity index (χ3v) is 1.79. The van der Waals surface area contributed by atoms with Crippen LogP contribution in [0.3, 0.4) is 0 Å². The minimum absolute atomic E-state index is 0.330. The van der Waals surface area contributed by atoms with Gasteiger partial charge in [0.05, 0.1) is 0 Å². The van der Waals surface area contributed by atoms with Crippen LogP contribution in [0.1, 0.15) is 19.3 Å².